The molecule has 1 aromatic heterocycles. The van der Waals surface area contributed by atoms with E-state index >= 15 is 0 Å². The van der Waals surface area contributed by atoms with Crippen molar-refractivity contribution in [1.82, 2.24) is 4.98 Å². The summed E-state index contributed by atoms with van der Waals surface area (Å²) in [5, 5.41) is 8.65. The fourth-order valence-corrected chi connectivity index (χ4v) is 3.89. The normalized spacial score (nSPS) is 11.5. The number of alkyl halides is 6. The fraction of sp³-hybridized carbons (Fsp3) is 0.0741. The number of nitrogens with one attached hydrogen (secondary N) is 5. The molecular weight excluding hydrogens is 608 g/mol. The number of aromatic nitrogens is 1. The third-order valence-corrected chi connectivity index (χ3v) is 5.89. The maximum Gasteiger partial charge on any atom is 0.416 e. The molecule has 4 rings (SSSR count). The predicted octanol–water partition coefficient (Wildman–Crippen LogP) is 7.38. The van der Waals surface area contributed by atoms with Crippen molar-refractivity contribution >= 4 is 40.7 Å². The van der Waals surface area contributed by atoms with Gasteiger partial charge in [-0.3, -0.25) is 4.79 Å². The number of hydrogen-bond acceptors (Lipinski definition) is 3. The Morgan fingerprint density at radius 2 is 1.18 bits per heavy atom. The first-order valence-corrected chi connectivity index (χ1v) is 12.0. The van der Waals surface area contributed by atoms with E-state index in [0.717, 1.165) is 0 Å². The summed E-state index contributed by atoms with van der Waals surface area (Å²) in [5.74, 6) is -3.42. The zero-order chi connectivity index (χ0) is 32.4. The largest absolute Gasteiger partial charge is 0.416 e. The standard InChI is InChI=1S/C27H18F8N6O3/c28-16-7-3-14(27(33,34)35)10-19(16)40-24(43)38-15-5-1-12(2-6-15)21-20(11-37-22(21)23(36)42)41-25(44)39-18-8-4-13(9-17(18)29)26(30,31)32/h1-11,37H,(H2,36,42)(H2,38,40,43)(H2,39,41,44). The van der Waals surface area contributed by atoms with Crippen LogP contribution in [0.3, 0.4) is 0 Å². The van der Waals surface area contributed by atoms with E-state index in [4.69, 9.17) is 5.73 Å². The Bertz CT molecular complexity index is 1730. The van der Waals surface area contributed by atoms with Crippen LogP contribution in [0.15, 0.2) is 66.9 Å². The predicted molar refractivity (Wildman–Crippen MR) is 143 cm³/mol. The number of hydrogen-bond donors (Lipinski definition) is 6. The molecule has 4 aromatic rings. The zero-order valence-corrected chi connectivity index (χ0v) is 21.7. The number of rotatable bonds is 6. The van der Waals surface area contributed by atoms with Crippen LogP contribution in [0, 0.1) is 11.6 Å². The monoisotopic (exact) mass is 626 g/mol. The lowest BCUT2D eigenvalue weighted by molar-refractivity contribution is -0.138. The van der Waals surface area contributed by atoms with Gasteiger partial charge >= 0.3 is 24.4 Å². The molecule has 0 spiro atoms. The van der Waals surface area contributed by atoms with Crippen molar-refractivity contribution in [3.63, 3.8) is 0 Å². The number of halogens is 8. The average molecular weight is 626 g/mol. The highest BCUT2D eigenvalue weighted by molar-refractivity contribution is 6.07. The molecule has 1 heterocycles. The number of carbonyl (C=O) groups is 3. The second-order valence-corrected chi connectivity index (χ2v) is 8.94. The van der Waals surface area contributed by atoms with Crippen molar-refractivity contribution in [2.24, 2.45) is 5.73 Å². The summed E-state index contributed by atoms with van der Waals surface area (Å²) in [6.07, 6.45) is -8.41. The van der Waals surface area contributed by atoms with E-state index in [9.17, 15) is 49.5 Å². The van der Waals surface area contributed by atoms with Crippen LogP contribution < -0.4 is 27.0 Å². The van der Waals surface area contributed by atoms with Crippen molar-refractivity contribution in [1.29, 1.82) is 0 Å². The lowest BCUT2D eigenvalue weighted by atomic mass is 10.0. The topological polar surface area (TPSA) is 141 Å². The molecule has 3 aromatic carbocycles. The summed E-state index contributed by atoms with van der Waals surface area (Å²) in [6, 6.07) is 6.12. The lowest BCUT2D eigenvalue weighted by Crippen LogP contribution is -2.21. The van der Waals surface area contributed by atoms with Crippen LogP contribution in [-0.2, 0) is 12.4 Å². The quantitative estimate of drug-likeness (QED) is 0.124. The molecule has 17 heteroatoms. The lowest BCUT2D eigenvalue weighted by Gasteiger charge is -2.13. The number of nitrogens with two attached hydrogens (primary N) is 1. The summed E-state index contributed by atoms with van der Waals surface area (Å²) in [6.45, 7) is 0. The second-order valence-electron chi connectivity index (χ2n) is 8.94. The highest BCUT2D eigenvalue weighted by Crippen LogP contribution is 2.35. The third-order valence-electron chi connectivity index (χ3n) is 5.89. The van der Waals surface area contributed by atoms with Gasteiger partial charge in [0.05, 0.1) is 28.2 Å². The molecule has 0 aliphatic rings. The Morgan fingerprint density at radius 1 is 0.636 bits per heavy atom. The Hall–Kier alpha value is -5.61. The Morgan fingerprint density at radius 3 is 1.77 bits per heavy atom. The number of aromatic amines is 1. The third kappa shape index (κ3) is 7.23. The maximum absolute atomic E-state index is 14.2. The van der Waals surface area contributed by atoms with E-state index in [2.05, 4.69) is 20.9 Å². The SMILES string of the molecule is NC(=O)c1[nH]cc(NC(=O)Nc2ccc(C(F)(F)F)cc2F)c1-c1ccc(NC(=O)Nc2cc(C(F)(F)F)ccc2F)cc1. The first-order chi connectivity index (χ1) is 20.5. The van der Waals surface area contributed by atoms with Gasteiger partial charge in [0.25, 0.3) is 5.91 Å². The van der Waals surface area contributed by atoms with Gasteiger partial charge in [-0.15, -0.1) is 0 Å². The van der Waals surface area contributed by atoms with Crippen molar-refractivity contribution < 1.29 is 49.5 Å². The van der Waals surface area contributed by atoms with E-state index < -0.39 is 64.5 Å². The number of urea groups is 2. The fourth-order valence-electron chi connectivity index (χ4n) is 3.89. The number of amides is 5. The highest BCUT2D eigenvalue weighted by atomic mass is 19.4. The minimum Gasteiger partial charge on any atom is -0.364 e. The summed E-state index contributed by atoms with van der Waals surface area (Å²) in [7, 11) is 0. The number of benzene rings is 3. The molecular formula is C27H18F8N6O3. The van der Waals surface area contributed by atoms with Gasteiger partial charge in [0.1, 0.15) is 17.3 Å². The number of primary amides is 1. The molecule has 0 atom stereocenters. The smallest absolute Gasteiger partial charge is 0.364 e. The van der Waals surface area contributed by atoms with Gasteiger partial charge in [0, 0.05) is 17.4 Å². The van der Waals surface area contributed by atoms with Gasteiger partial charge in [-0.25, -0.2) is 18.4 Å². The minimum absolute atomic E-state index is 0.0441. The molecule has 0 saturated carbocycles. The molecule has 0 unspecified atom stereocenters. The van der Waals surface area contributed by atoms with Crippen LogP contribution in [0.2, 0.25) is 0 Å². The zero-order valence-electron chi connectivity index (χ0n) is 21.7. The van der Waals surface area contributed by atoms with Crippen molar-refractivity contribution in [3.05, 3.63) is 95.3 Å². The molecule has 230 valence electrons. The van der Waals surface area contributed by atoms with Crippen LogP contribution in [0.25, 0.3) is 11.1 Å². The van der Waals surface area contributed by atoms with Gasteiger partial charge in [0.2, 0.25) is 0 Å². The van der Waals surface area contributed by atoms with Gasteiger partial charge in [-0.05, 0) is 54.1 Å². The summed E-state index contributed by atoms with van der Waals surface area (Å²) >= 11 is 0. The van der Waals surface area contributed by atoms with Gasteiger partial charge in [0.15, 0.2) is 0 Å². The molecule has 7 N–H and O–H groups in total. The van der Waals surface area contributed by atoms with Crippen LogP contribution in [-0.4, -0.2) is 23.0 Å². The minimum atomic E-state index is -4.80. The Labute approximate surface area is 241 Å². The van der Waals surface area contributed by atoms with E-state index in [1.54, 1.807) is 0 Å². The van der Waals surface area contributed by atoms with Crippen LogP contribution in [0.5, 0.6) is 0 Å². The van der Waals surface area contributed by atoms with E-state index in [0.29, 0.717) is 30.3 Å². The molecule has 0 aliphatic heterocycles. The highest BCUT2D eigenvalue weighted by Gasteiger charge is 2.32. The maximum atomic E-state index is 14.2. The molecule has 0 bridgehead atoms. The van der Waals surface area contributed by atoms with E-state index in [1.165, 1.54) is 30.5 Å². The van der Waals surface area contributed by atoms with Gasteiger partial charge in [-0.2, -0.15) is 26.3 Å². The number of anilines is 4. The Balaban J connectivity index is 1.49. The van der Waals surface area contributed by atoms with Crippen LogP contribution >= 0.6 is 0 Å². The van der Waals surface area contributed by atoms with Gasteiger partial charge in [-0.1, -0.05) is 12.1 Å². The van der Waals surface area contributed by atoms with Gasteiger partial charge < -0.3 is 32.0 Å². The molecule has 0 radical (unpaired) electrons. The summed E-state index contributed by atoms with van der Waals surface area (Å²) in [4.78, 5) is 39.4. The number of carbonyl (C=O) groups excluding carboxylic acids is 3. The van der Waals surface area contributed by atoms with Crippen molar-refractivity contribution in [3.8, 4) is 11.1 Å². The molecule has 5 amide bonds. The summed E-state index contributed by atoms with van der Waals surface area (Å²) < 4.78 is 105. The van der Waals surface area contributed by atoms with Crippen molar-refractivity contribution in [2.45, 2.75) is 12.4 Å². The Kier molecular flexibility index (Phi) is 8.50. The van der Waals surface area contributed by atoms with Crippen LogP contribution in [0.1, 0.15) is 21.6 Å². The molecule has 9 nitrogen and oxygen atoms in total. The second kappa shape index (κ2) is 11.9. The molecule has 44 heavy (non-hydrogen) atoms. The van der Waals surface area contributed by atoms with Crippen LogP contribution in [0.4, 0.5) is 67.5 Å². The van der Waals surface area contributed by atoms with Crippen molar-refractivity contribution in [2.75, 3.05) is 21.3 Å². The first-order valence-electron chi connectivity index (χ1n) is 12.0. The number of H-pyrrole nitrogens is 1. The summed E-state index contributed by atoms with van der Waals surface area (Å²) in [5.41, 5.74) is 1.79. The average Bonchev–Trinajstić information content (AvgIpc) is 3.34. The molecule has 0 saturated heterocycles. The molecule has 0 fully saturated rings. The molecule has 0 aliphatic carbocycles. The first kappa shape index (κ1) is 31.3. The van der Waals surface area contributed by atoms with E-state index in [1.807, 2.05) is 5.32 Å². The van der Waals surface area contributed by atoms with E-state index in [-0.39, 0.29) is 34.3 Å².